The second-order valence-corrected chi connectivity index (χ2v) is 11.9. The molecule has 164 valence electrons. The van der Waals surface area contributed by atoms with Gasteiger partial charge in [0.2, 0.25) is 0 Å². The molecule has 1 spiro atoms. The van der Waals surface area contributed by atoms with Crippen LogP contribution in [0.1, 0.15) is 81.9 Å². The maximum absolute atomic E-state index is 3.62. The fourth-order valence-electron chi connectivity index (χ4n) is 8.02. The molecule has 4 aliphatic carbocycles. The molecular weight excluding hydrogens is 366 g/mol. The van der Waals surface area contributed by atoms with E-state index in [-0.39, 0.29) is 0 Å². The Bertz CT molecular complexity index is 763. The van der Waals surface area contributed by atoms with Gasteiger partial charge >= 0.3 is 0 Å². The van der Waals surface area contributed by atoms with E-state index in [1.807, 2.05) is 0 Å². The molecule has 7 rings (SSSR count). The summed E-state index contributed by atoms with van der Waals surface area (Å²) in [6, 6.07) is 10.8. The molecule has 3 nitrogen and oxygen atoms in total. The highest BCUT2D eigenvalue weighted by atomic mass is 15.3. The van der Waals surface area contributed by atoms with Crippen molar-refractivity contribution in [2.24, 2.45) is 16.7 Å². The molecule has 2 saturated heterocycles. The zero-order valence-electron chi connectivity index (χ0n) is 19.2. The molecule has 1 aromatic rings. The predicted octanol–water partition coefficient (Wildman–Crippen LogP) is 4.80. The average molecular weight is 408 g/mol. The molecule has 1 N–H and O–H groups in total. The summed E-state index contributed by atoms with van der Waals surface area (Å²) in [5.74, 6) is 1.70. The van der Waals surface area contributed by atoms with Gasteiger partial charge in [-0.15, -0.1) is 0 Å². The summed E-state index contributed by atoms with van der Waals surface area (Å²) in [6.07, 6.45) is 10.2. The molecule has 2 heterocycles. The molecule has 0 amide bonds. The van der Waals surface area contributed by atoms with Crippen molar-refractivity contribution in [2.45, 2.75) is 76.8 Å². The normalized spacial score (nSPS) is 38.2. The largest absolute Gasteiger partial charge is 0.317 e. The summed E-state index contributed by atoms with van der Waals surface area (Å²) < 4.78 is 0. The lowest BCUT2D eigenvalue weighted by Gasteiger charge is -2.64. The molecule has 4 saturated carbocycles. The van der Waals surface area contributed by atoms with Crippen LogP contribution in [0.4, 0.5) is 0 Å². The minimum absolute atomic E-state index is 0.585. The van der Waals surface area contributed by atoms with E-state index in [1.54, 1.807) is 11.1 Å². The van der Waals surface area contributed by atoms with Crippen molar-refractivity contribution in [2.75, 3.05) is 39.3 Å². The first kappa shape index (κ1) is 19.8. The maximum atomic E-state index is 3.62. The van der Waals surface area contributed by atoms with Crippen LogP contribution in [0, 0.1) is 16.7 Å². The molecular formula is C27H41N3. The third kappa shape index (κ3) is 3.11. The van der Waals surface area contributed by atoms with Gasteiger partial charge in [0, 0.05) is 38.3 Å². The van der Waals surface area contributed by atoms with Crippen molar-refractivity contribution in [1.82, 2.24) is 15.1 Å². The molecule has 0 radical (unpaired) electrons. The zero-order valence-corrected chi connectivity index (χ0v) is 19.2. The lowest BCUT2D eigenvalue weighted by atomic mass is 9.44. The van der Waals surface area contributed by atoms with Crippen molar-refractivity contribution >= 4 is 0 Å². The minimum Gasteiger partial charge on any atom is -0.317 e. The molecule has 2 unspecified atom stereocenters. The van der Waals surface area contributed by atoms with Gasteiger partial charge in [-0.1, -0.05) is 38.1 Å². The van der Waals surface area contributed by atoms with E-state index in [0.29, 0.717) is 17.4 Å². The Morgan fingerprint density at radius 2 is 1.80 bits per heavy atom. The van der Waals surface area contributed by atoms with Crippen LogP contribution in [0.25, 0.3) is 0 Å². The van der Waals surface area contributed by atoms with Crippen LogP contribution >= 0.6 is 0 Å². The fourth-order valence-corrected chi connectivity index (χ4v) is 8.02. The lowest BCUT2D eigenvalue weighted by molar-refractivity contribution is -0.142. The van der Waals surface area contributed by atoms with E-state index in [0.717, 1.165) is 17.4 Å². The van der Waals surface area contributed by atoms with Gasteiger partial charge in [0.15, 0.2) is 0 Å². The average Bonchev–Trinajstić information content (AvgIpc) is 2.70. The molecule has 30 heavy (non-hydrogen) atoms. The number of hydrogen-bond acceptors (Lipinski definition) is 3. The molecule has 6 fully saturated rings. The van der Waals surface area contributed by atoms with Crippen molar-refractivity contribution in [3.63, 3.8) is 0 Å². The molecule has 6 aliphatic rings. The van der Waals surface area contributed by atoms with E-state index in [2.05, 4.69) is 53.2 Å². The van der Waals surface area contributed by atoms with Gasteiger partial charge in [0.1, 0.15) is 0 Å². The van der Waals surface area contributed by atoms with Crippen molar-refractivity contribution in [3.8, 4) is 0 Å². The van der Waals surface area contributed by atoms with Gasteiger partial charge in [-0.05, 0) is 91.8 Å². The second kappa shape index (κ2) is 7.32. The first-order valence-electron chi connectivity index (χ1n) is 12.9. The van der Waals surface area contributed by atoms with E-state index in [1.165, 1.54) is 84.2 Å². The third-order valence-electron chi connectivity index (χ3n) is 9.83. The van der Waals surface area contributed by atoms with Crippen LogP contribution in [-0.2, 0) is 0 Å². The quantitative estimate of drug-likeness (QED) is 0.756. The van der Waals surface area contributed by atoms with Crippen LogP contribution in [0.5, 0.6) is 0 Å². The van der Waals surface area contributed by atoms with Crippen molar-refractivity contribution < 1.29 is 0 Å². The summed E-state index contributed by atoms with van der Waals surface area (Å²) in [5, 5.41) is 3.62. The SMILES string of the molecule is CC(C)c1ccccc1C1CN(CC23CC(C2)C3)CCN1C1CCC12CCNCC2. The fraction of sp³-hybridized carbons (Fsp3) is 0.778. The summed E-state index contributed by atoms with van der Waals surface area (Å²) in [7, 11) is 0. The van der Waals surface area contributed by atoms with Crippen LogP contribution in [0.2, 0.25) is 0 Å². The Hall–Kier alpha value is -0.900. The monoisotopic (exact) mass is 407 g/mol. The van der Waals surface area contributed by atoms with E-state index >= 15 is 0 Å². The van der Waals surface area contributed by atoms with Gasteiger partial charge < -0.3 is 5.32 Å². The van der Waals surface area contributed by atoms with Gasteiger partial charge in [-0.3, -0.25) is 9.80 Å². The Morgan fingerprint density at radius 1 is 1.03 bits per heavy atom. The number of benzene rings is 1. The summed E-state index contributed by atoms with van der Waals surface area (Å²) in [5.41, 5.74) is 4.54. The second-order valence-electron chi connectivity index (χ2n) is 11.9. The van der Waals surface area contributed by atoms with Crippen molar-refractivity contribution in [3.05, 3.63) is 35.4 Å². The van der Waals surface area contributed by atoms with E-state index in [4.69, 9.17) is 0 Å². The Balaban J connectivity index is 1.28. The van der Waals surface area contributed by atoms with Crippen LogP contribution in [0.15, 0.2) is 24.3 Å². The Labute approximate surface area is 183 Å². The molecule has 3 heteroatoms. The van der Waals surface area contributed by atoms with Gasteiger partial charge in [-0.2, -0.15) is 0 Å². The molecule has 0 aromatic heterocycles. The predicted molar refractivity (Wildman–Crippen MR) is 124 cm³/mol. The van der Waals surface area contributed by atoms with Crippen LogP contribution in [-0.4, -0.2) is 55.1 Å². The highest BCUT2D eigenvalue weighted by Gasteiger charge is 2.57. The zero-order chi connectivity index (χ0) is 20.3. The van der Waals surface area contributed by atoms with E-state index in [9.17, 15) is 0 Å². The molecule has 1 aromatic carbocycles. The van der Waals surface area contributed by atoms with E-state index < -0.39 is 0 Å². The highest BCUT2D eigenvalue weighted by Crippen LogP contribution is 2.64. The third-order valence-corrected chi connectivity index (χ3v) is 9.83. The summed E-state index contributed by atoms with van der Waals surface area (Å²) >= 11 is 0. The number of piperazine rings is 1. The standard InChI is InChI=1S/C27H41N3/c1-20(2)22-5-3-4-6-23(22)24-18-29(19-26-15-21(16-26)17-26)13-14-30(24)25-7-8-27(25)9-11-28-12-10-27/h3-6,20-21,24-25,28H,7-19H2,1-2H3. The maximum Gasteiger partial charge on any atom is 0.0481 e. The topological polar surface area (TPSA) is 18.5 Å². The highest BCUT2D eigenvalue weighted by molar-refractivity contribution is 5.33. The molecule has 2 atom stereocenters. The van der Waals surface area contributed by atoms with Gasteiger partial charge in [0.25, 0.3) is 0 Å². The van der Waals surface area contributed by atoms with Crippen LogP contribution < -0.4 is 5.32 Å². The number of piperidine rings is 1. The van der Waals surface area contributed by atoms with Crippen molar-refractivity contribution in [1.29, 1.82) is 0 Å². The summed E-state index contributed by atoms with van der Waals surface area (Å²) in [4.78, 5) is 5.86. The number of nitrogens with zero attached hydrogens (tertiary/aromatic N) is 2. The first-order valence-corrected chi connectivity index (χ1v) is 12.9. The molecule has 2 aliphatic heterocycles. The Morgan fingerprint density at radius 3 is 2.43 bits per heavy atom. The van der Waals surface area contributed by atoms with Gasteiger partial charge in [0.05, 0.1) is 0 Å². The number of hydrogen-bond donors (Lipinski definition) is 1. The lowest BCUT2D eigenvalue weighted by Crippen LogP contribution is -2.65. The minimum atomic E-state index is 0.585. The Kier molecular flexibility index (Phi) is 4.82. The number of rotatable bonds is 5. The number of nitrogens with one attached hydrogen (secondary N) is 1. The van der Waals surface area contributed by atoms with Crippen LogP contribution in [0.3, 0.4) is 0 Å². The smallest absolute Gasteiger partial charge is 0.0481 e. The summed E-state index contributed by atoms with van der Waals surface area (Å²) in [6.45, 7) is 12.4. The van der Waals surface area contributed by atoms with Gasteiger partial charge in [-0.25, -0.2) is 0 Å². The first-order chi connectivity index (χ1) is 14.6. The molecule has 2 bridgehead atoms.